The number of anilines is 1. The molecule has 3 heterocycles. The molecule has 1 saturated carbocycles. The summed E-state index contributed by atoms with van der Waals surface area (Å²) < 4.78 is 5.89. The van der Waals surface area contributed by atoms with Gasteiger partial charge in [0.1, 0.15) is 5.82 Å². The van der Waals surface area contributed by atoms with E-state index in [4.69, 9.17) is 16.3 Å². The predicted molar refractivity (Wildman–Crippen MR) is 105 cm³/mol. The van der Waals surface area contributed by atoms with Crippen LogP contribution in [0, 0.1) is 11.3 Å². The van der Waals surface area contributed by atoms with Crippen molar-refractivity contribution in [2.24, 2.45) is 16.3 Å². The SMILES string of the molecule is CN=C(NC1CCN(c2ncccc2Cl)C1)NC1C2CCOC2C1(C)C. The van der Waals surface area contributed by atoms with Gasteiger partial charge < -0.3 is 20.3 Å². The Kier molecular flexibility index (Phi) is 4.73. The normalized spacial score (nSPS) is 32.9. The number of nitrogens with one attached hydrogen (secondary N) is 2. The molecule has 4 unspecified atom stereocenters. The topological polar surface area (TPSA) is 61.8 Å². The molecule has 0 spiro atoms. The Morgan fingerprint density at radius 2 is 2.23 bits per heavy atom. The van der Waals surface area contributed by atoms with Crippen LogP contribution in [0.25, 0.3) is 0 Å². The van der Waals surface area contributed by atoms with Crippen molar-refractivity contribution in [2.75, 3.05) is 31.6 Å². The highest BCUT2D eigenvalue weighted by Gasteiger charge is 2.59. The minimum atomic E-state index is 0.141. The Balaban J connectivity index is 1.36. The number of rotatable bonds is 3. The molecule has 2 aliphatic heterocycles. The Labute approximate surface area is 160 Å². The number of fused-ring (bicyclic) bond motifs is 1. The molecule has 0 aromatic carbocycles. The molecular formula is C19H28ClN5O. The van der Waals surface area contributed by atoms with Crippen molar-refractivity contribution in [3.8, 4) is 0 Å². The van der Waals surface area contributed by atoms with Gasteiger partial charge in [0.2, 0.25) is 0 Å². The number of aliphatic imine (C=N–C) groups is 1. The fourth-order valence-corrected chi connectivity index (χ4v) is 5.05. The molecule has 4 rings (SSSR count). The first-order valence-corrected chi connectivity index (χ1v) is 9.85. The summed E-state index contributed by atoms with van der Waals surface area (Å²) in [5.41, 5.74) is 0.141. The maximum absolute atomic E-state index is 6.29. The van der Waals surface area contributed by atoms with Crippen molar-refractivity contribution in [1.82, 2.24) is 15.6 Å². The second kappa shape index (κ2) is 6.89. The molecule has 3 aliphatic rings. The number of ether oxygens (including phenoxy) is 1. The maximum atomic E-state index is 6.29. The number of hydrogen-bond donors (Lipinski definition) is 2. The van der Waals surface area contributed by atoms with E-state index in [9.17, 15) is 0 Å². The molecule has 2 N–H and O–H groups in total. The Bertz CT molecular complexity index is 694. The van der Waals surface area contributed by atoms with Gasteiger partial charge in [0, 0.05) is 56.4 Å². The molecule has 26 heavy (non-hydrogen) atoms. The minimum Gasteiger partial charge on any atom is -0.377 e. The summed E-state index contributed by atoms with van der Waals surface area (Å²) in [4.78, 5) is 11.1. The average molecular weight is 378 g/mol. The van der Waals surface area contributed by atoms with Gasteiger partial charge in [0.05, 0.1) is 11.1 Å². The number of guanidine groups is 1. The number of hydrogen-bond acceptors (Lipinski definition) is 4. The zero-order valence-electron chi connectivity index (χ0n) is 15.7. The van der Waals surface area contributed by atoms with E-state index in [0.717, 1.165) is 44.3 Å². The fourth-order valence-electron chi connectivity index (χ4n) is 4.81. The zero-order chi connectivity index (χ0) is 18.3. The van der Waals surface area contributed by atoms with Crippen molar-refractivity contribution in [1.29, 1.82) is 0 Å². The zero-order valence-corrected chi connectivity index (χ0v) is 16.5. The van der Waals surface area contributed by atoms with E-state index in [0.29, 0.717) is 29.1 Å². The Hall–Kier alpha value is -1.53. The van der Waals surface area contributed by atoms with Crippen LogP contribution in [-0.4, -0.2) is 55.9 Å². The largest absolute Gasteiger partial charge is 0.377 e. The van der Waals surface area contributed by atoms with Gasteiger partial charge >= 0.3 is 0 Å². The summed E-state index contributed by atoms with van der Waals surface area (Å²) in [7, 11) is 1.84. The highest BCUT2D eigenvalue weighted by atomic mass is 35.5. The monoisotopic (exact) mass is 377 g/mol. The molecule has 1 aromatic heterocycles. The first-order valence-electron chi connectivity index (χ1n) is 9.47. The first-order chi connectivity index (χ1) is 12.5. The van der Waals surface area contributed by atoms with E-state index >= 15 is 0 Å². The summed E-state index contributed by atoms with van der Waals surface area (Å²) in [6.07, 6.45) is 4.35. The van der Waals surface area contributed by atoms with E-state index in [1.54, 1.807) is 6.20 Å². The molecule has 1 aliphatic carbocycles. The van der Waals surface area contributed by atoms with Crippen LogP contribution in [0.1, 0.15) is 26.7 Å². The number of aromatic nitrogens is 1. The Morgan fingerprint density at radius 3 is 3.00 bits per heavy atom. The lowest BCUT2D eigenvalue weighted by atomic mass is 9.57. The summed E-state index contributed by atoms with van der Waals surface area (Å²) in [5.74, 6) is 2.34. The second-order valence-corrected chi connectivity index (χ2v) is 8.55. The summed E-state index contributed by atoms with van der Waals surface area (Å²) in [5, 5.41) is 7.95. The molecule has 1 aromatic rings. The molecule has 142 valence electrons. The fraction of sp³-hybridized carbons (Fsp3) is 0.684. The highest BCUT2D eigenvalue weighted by Crippen LogP contribution is 2.52. The van der Waals surface area contributed by atoms with E-state index in [1.165, 1.54) is 0 Å². The number of pyridine rings is 1. The van der Waals surface area contributed by atoms with Crippen LogP contribution >= 0.6 is 11.6 Å². The average Bonchev–Trinajstić information content (AvgIpc) is 3.27. The molecule has 3 fully saturated rings. The summed E-state index contributed by atoms with van der Waals surface area (Å²) >= 11 is 6.29. The quantitative estimate of drug-likeness (QED) is 0.625. The van der Waals surface area contributed by atoms with Crippen LogP contribution in [0.3, 0.4) is 0 Å². The van der Waals surface area contributed by atoms with Crippen LogP contribution in [0.15, 0.2) is 23.3 Å². The van der Waals surface area contributed by atoms with Crippen molar-refractivity contribution >= 4 is 23.4 Å². The molecule has 0 bridgehead atoms. The van der Waals surface area contributed by atoms with Gasteiger partial charge in [-0.25, -0.2) is 4.98 Å². The lowest BCUT2D eigenvalue weighted by Crippen LogP contribution is -2.68. The molecule has 0 amide bonds. The molecule has 2 saturated heterocycles. The standard InChI is InChI=1S/C19H28ClN5O/c1-19(2)15(13-7-10-26-16(13)19)24-18(21-3)23-12-6-9-25(11-12)17-14(20)5-4-8-22-17/h4-5,8,12-13,15-16H,6-7,9-11H2,1-3H3,(H2,21,23,24). The minimum absolute atomic E-state index is 0.141. The molecule has 4 atom stereocenters. The van der Waals surface area contributed by atoms with Crippen molar-refractivity contribution in [3.63, 3.8) is 0 Å². The molecule has 0 radical (unpaired) electrons. The van der Waals surface area contributed by atoms with Crippen molar-refractivity contribution in [3.05, 3.63) is 23.4 Å². The van der Waals surface area contributed by atoms with Crippen LogP contribution < -0.4 is 15.5 Å². The number of halogens is 1. The van der Waals surface area contributed by atoms with E-state index in [1.807, 2.05) is 19.2 Å². The van der Waals surface area contributed by atoms with Gasteiger partial charge in [-0.2, -0.15) is 0 Å². The first kappa shape index (κ1) is 17.9. The summed E-state index contributed by atoms with van der Waals surface area (Å²) in [6.45, 7) is 7.26. The van der Waals surface area contributed by atoms with E-state index in [-0.39, 0.29) is 5.41 Å². The third-order valence-electron chi connectivity index (χ3n) is 6.18. The van der Waals surface area contributed by atoms with Gasteiger partial charge in [-0.1, -0.05) is 25.4 Å². The van der Waals surface area contributed by atoms with Gasteiger partial charge in [0.25, 0.3) is 0 Å². The van der Waals surface area contributed by atoms with Gasteiger partial charge in [0.15, 0.2) is 5.96 Å². The lowest BCUT2D eigenvalue weighted by molar-refractivity contribution is -0.106. The van der Waals surface area contributed by atoms with Gasteiger partial charge in [-0.15, -0.1) is 0 Å². The number of nitrogens with zero attached hydrogens (tertiary/aromatic N) is 3. The van der Waals surface area contributed by atoms with Gasteiger partial charge in [-0.05, 0) is 25.0 Å². The van der Waals surface area contributed by atoms with Crippen LogP contribution in [0.4, 0.5) is 5.82 Å². The van der Waals surface area contributed by atoms with E-state index < -0.39 is 0 Å². The molecular weight excluding hydrogens is 350 g/mol. The van der Waals surface area contributed by atoms with Crippen molar-refractivity contribution < 1.29 is 4.74 Å². The third-order valence-corrected chi connectivity index (χ3v) is 6.48. The second-order valence-electron chi connectivity index (χ2n) is 8.14. The maximum Gasteiger partial charge on any atom is 0.191 e. The van der Waals surface area contributed by atoms with Crippen LogP contribution in [0.5, 0.6) is 0 Å². The van der Waals surface area contributed by atoms with E-state index in [2.05, 4.69) is 39.4 Å². The third kappa shape index (κ3) is 3.03. The molecule has 7 heteroatoms. The van der Waals surface area contributed by atoms with Gasteiger partial charge in [-0.3, -0.25) is 4.99 Å². The smallest absolute Gasteiger partial charge is 0.191 e. The summed E-state index contributed by atoms with van der Waals surface area (Å²) in [6, 6.07) is 4.50. The van der Waals surface area contributed by atoms with Crippen LogP contribution in [0.2, 0.25) is 5.02 Å². The lowest BCUT2D eigenvalue weighted by Gasteiger charge is -2.55. The predicted octanol–water partition coefficient (Wildman–Crippen LogP) is 2.29. The van der Waals surface area contributed by atoms with Crippen molar-refractivity contribution in [2.45, 2.75) is 44.9 Å². The molecule has 6 nitrogen and oxygen atoms in total. The highest BCUT2D eigenvalue weighted by molar-refractivity contribution is 6.32. The van der Waals surface area contributed by atoms with Crippen LogP contribution in [-0.2, 0) is 4.74 Å². The Morgan fingerprint density at radius 1 is 1.38 bits per heavy atom.